The zero-order valence-corrected chi connectivity index (χ0v) is 14.5. The highest BCUT2D eigenvalue weighted by Crippen LogP contribution is 2.27. The fourth-order valence-corrected chi connectivity index (χ4v) is 2.86. The molecule has 1 aromatic heterocycles. The number of methoxy groups -OCH3 is 1. The van der Waals surface area contributed by atoms with Crippen molar-refractivity contribution in [1.29, 1.82) is 0 Å². The Morgan fingerprint density at radius 2 is 1.90 bits per heavy atom. The molecule has 0 saturated carbocycles. The molecule has 20 heavy (non-hydrogen) atoms. The molecule has 0 saturated heterocycles. The van der Waals surface area contributed by atoms with Crippen molar-refractivity contribution in [2.45, 2.75) is 17.3 Å². The summed E-state index contributed by atoms with van der Waals surface area (Å²) in [6.45, 7) is 0.390. The highest BCUT2D eigenvalue weighted by Gasteiger charge is 2.11. The second-order valence-electron chi connectivity index (χ2n) is 3.87. The summed E-state index contributed by atoms with van der Waals surface area (Å²) in [7, 11) is 1.62. The van der Waals surface area contributed by atoms with E-state index in [1.54, 1.807) is 18.9 Å². The molecule has 0 spiro atoms. The highest BCUT2D eigenvalue weighted by atomic mass is 79.9. The van der Waals surface area contributed by atoms with Crippen LogP contribution in [0.3, 0.4) is 0 Å². The maximum Gasteiger partial charge on any atom is 0.147 e. The van der Waals surface area contributed by atoms with Gasteiger partial charge in [-0.05, 0) is 40.2 Å². The predicted molar refractivity (Wildman–Crippen MR) is 86.5 cm³/mol. The Morgan fingerprint density at radius 1 is 1.20 bits per heavy atom. The van der Waals surface area contributed by atoms with Crippen LogP contribution in [0.15, 0.2) is 33.6 Å². The maximum atomic E-state index is 6.08. The minimum atomic E-state index is 0.390. The van der Waals surface area contributed by atoms with E-state index in [1.165, 1.54) is 0 Å². The van der Waals surface area contributed by atoms with Gasteiger partial charge in [0.25, 0.3) is 0 Å². The lowest BCUT2D eigenvalue weighted by molar-refractivity contribution is 0.180. The number of hydrogen-bond donors (Lipinski definition) is 0. The molecule has 0 amide bonds. The van der Waals surface area contributed by atoms with Crippen molar-refractivity contribution < 1.29 is 4.74 Å². The van der Waals surface area contributed by atoms with E-state index < -0.39 is 0 Å². The van der Waals surface area contributed by atoms with Gasteiger partial charge in [0, 0.05) is 17.0 Å². The third-order valence-corrected chi connectivity index (χ3v) is 4.98. The second-order valence-corrected chi connectivity index (χ2v) is 6.50. The van der Waals surface area contributed by atoms with Crippen LogP contribution in [0.25, 0.3) is 0 Å². The fourth-order valence-electron chi connectivity index (χ4n) is 1.49. The second kappa shape index (κ2) is 7.61. The normalized spacial score (nSPS) is 10.8. The topological polar surface area (TPSA) is 35.0 Å². The number of thioether (sulfide) groups is 1. The van der Waals surface area contributed by atoms with Crippen molar-refractivity contribution in [2.24, 2.45) is 0 Å². The number of aromatic nitrogens is 2. The molecule has 1 heterocycles. The molecule has 2 rings (SSSR count). The van der Waals surface area contributed by atoms with Crippen LogP contribution in [-0.2, 0) is 17.1 Å². The first kappa shape index (κ1) is 16.0. The standard InChI is InChI=1S/C13H11BrCl2N2OS/c1-19-6-10-12(14)13(16)18-11(17-10)7-20-9-4-2-8(15)3-5-9/h2-5H,6-7H2,1H3. The summed E-state index contributed by atoms with van der Waals surface area (Å²) in [6, 6.07) is 7.64. The summed E-state index contributed by atoms with van der Waals surface area (Å²) in [5.41, 5.74) is 0.749. The minimum absolute atomic E-state index is 0.390. The number of rotatable bonds is 5. The van der Waals surface area contributed by atoms with E-state index >= 15 is 0 Å². The number of hydrogen-bond acceptors (Lipinski definition) is 4. The third-order valence-electron chi connectivity index (χ3n) is 2.39. The Morgan fingerprint density at radius 3 is 2.55 bits per heavy atom. The van der Waals surface area contributed by atoms with Crippen LogP contribution in [0.2, 0.25) is 10.2 Å². The van der Waals surface area contributed by atoms with Gasteiger partial charge in [-0.2, -0.15) is 0 Å². The zero-order valence-electron chi connectivity index (χ0n) is 10.6. The maximum absolute atomic E-state index is 6.08. The average molecular weight is 394 g/mol. The lowest BCUT2D eigenvalue weighted by Crippen LogP contribution is -2.02. The SMILES string of the molecule is COCc1nc(CSc2ccc(Cl)cc2)nc(Cl)c1Br. The Kier molecular flexibility index (Phi) is 6.11. The summed E-state index contributed by atoms with van der Waals surface area (Å²) in [5, 5.41) is 1.12. The third kappa shape index (κ3) is 4.33. The van der Waals surface area contributed by atoms with Gasteiger partial charge in [-0.25, -0.2) is 9.97 Å². The minimum Gasteiger partial charge on any atom is -0.378 e. The average Bonchev–Trinajstić information content (AvgIpc) is 2.44. The summed E-state index contributed by atoms with van der Waals surface area (Å²) in [6.07, 6.45) is 0. The van der Waals surface area contributed by atoms with E-state index in [0.29, 0.717) is 27.8 Å². The van der Waals surface area contributed by atoms with Crippen LogP contribution in [-0.4, -0.2) is 17.1 Å². The number of halogens is 3. The zero-order chi connectivity index (χ0) is 14.5. The van der Waals surface area contributed by atoms with Crippen LogP contribution < -0.4 is 0 Å². The summed E-state index contributed by atoms with van der Waals surface area (Å²) in [4.78, 5) is 9.80. The first-order valence-electron chi connectivity index (χ1n) is 5.68. The molecule has 0 atom stereocenters. The predicted octanol–water partition coefficient (Wildman–Crippen LogP) is 4.98. The smallest absolute Gasteiger partial charge is 0.147 e. The molecule has 1 aromatic carbocycles. The Labute approximate surface area is 140 Å². The molecule has 7 heteroatoms. The van der Waals surface area contributed by atoms with Gasteiger partial charge in [-0.1, -0.05) is 23.2 Å². The van der Waals surface area contributed by atoms with E-state index in [-0.39, 0.29) is 0 Å². The van der Waals surface area contributed by atoms with Gasteiger partial charge in [0.1, 0.15) is 11.0 Å². The highest BCUT2D eigenvalue weighted by molar-refractivity contribution is 9.10. The Bertz CT molecular complexity index is 596. The van der Waals surface area contributed by atoms with E-state index in [4.69, 9.17) is 27.9 Å². The Balaban J connectivity index is 2.11. The lowest BCUT2D eigenvalue weighted by Gasteiger charge is -2.07. The molecule has 106 valence electrons. The van der Waals surface area contributed by atoms with Gasteiger partial charge in [-0.3, -0.25) is 0 Å². The van der Waals surface area contributed by atoms with Gasteiger partial charge in [0.05, 0.1) is 22.5 Å². The van der Waals surface area contributed by atoms with E-state index in [0.717, 1.165) is 15.6 Å². The lowest BCUT2D eigenvalue weighted by atomic mass is 10.4. The molecular formula is C13H11BrCl2N2OS. The molecular weight excluding hydrogens is 383 g/mol. The largest absolute Gasteiger partial charge is 0.378 e. The molecule has 0 fully saturated rings. The van der Waals surface area contributed by atoms with E-state index in [2.05, 4.69) is 25.9 Å². The molecule has 0 aliphatic rings. The van der Waals surface area contributed by atoms with Crippen LogP contribution in [0.4, 0.5) is 0 Å². The van der Waals surface area contributed by atoms with Gasteiger partial charge in [-0.15, -0.1) is 11.8 Å². The van der Waals surface area contributed by atoms with Crippen molar-refractivity contribution in [3.63, 3.8) is 0 Å². The summed E-state index contributed by atoms with van der Waals surface area (Å²) in [5.74, 6) is 1.30. The summed E-state index contributed by atoms with van der Waals surface area (Å²) >= 11 is 16.9. The van der Waals surface area contributed by atoms with Crippen molar-refractivity contribution in [3.05, 3.63) is 50.4 Å². The van der Waals surface area contributed by atoms with Gasteiger partial charge in [0.2, 0.25) is 0 Å². The van der Waals surface area contributed by atoms with Crippen molar-refractivity contribution in [2.75, 3.05) is 7.11 Å². The first-order chi connectivity index (χ1) is 9.60. The van der Waals surface area contributed by atoms with Crippen LogP contribution in [0.5, 0.6) is 0 Å². The van der Waals surface area contributed by atoms with Crippen molar-refractivity contribution >= 4 is 50.9 Å². The number of ether oxygens (including phenoxy) is 1. The molecule has 0 unspecified atom stereocenters. The van der Waals surface area contributed by atoms with Gasteiger partial charge in [0.15, 0.2) is 0 Å². The molecule has 2 aromatic rings. The van der Waals surface area contributed by atoms with Gasteiger partial charge >= 0.3 is 0 Å². The van der Waals surface area contributed by atoms with Crippen LogP contribution in [0.1, 0.15) is 11.5 Å². The van der Waals surface area contributed by atoms with Crippen LogP contribution >= 0.6 is 50.9 Å². The first-order valence-corrected chi connectivity index (χ1v) is 8.21. The number of nitrogens with zero attached hydrogens (tertiary/aromatic N) is 2. The monoisotopic (exact) mass is 392 g/mol. The Hall–Kier alpha value is -0.330. The van der Waals surface area contributed by atoms with E-state index in [9.17, 15) is 0 Å². The fraction of sp³-hybridized carbons (Fsp3) is 0.231. The molecule has 0 bridgehead atoms. The quantitative estimate of drug-likeness (QED) is 0.529. The molecule has 0 aliphatic heterocycles. The van der Waals surface area contributed by atoms with Crippen LogP contribution in [0, 0.1) is 0 Å². The molecule has 0 N–H and O–H groups in total. The number of benzene rings is 1. The molecule has 0 aliphatic carbocycles. The van der Waals surface area contributed by atoms with Gasteiger partial charge < -0.3 is 4.74 Å². The van der Waals surface area contributed by atoms with Crippen molar-refractivity contribution in [3.8, 4) is 0 Å². The van der Waals surface area contributed by atoms with Crippen molar-refractivity contribution in [1.82, 2.24) is 9.97 Å². The summed E-state index contributed by atoms with van der Waals surface area (Å²) < 4.78 is 5.78. The molecule has 3 nitrogen and oxygen atoms in total. The molecule has 0 radical (unpaired) electrons. The van der Waals surface area contributed by atoms with E-state index in [1.807, 2.05) is 24.3 Å².